The zero-order valence-corrected chi connectivity index (χ0v) is 13.2. The molecule has 0 amide bonds. The molecule has 1 aliphatic rings. The summed E-state index contributed by atoms with van der Waals surface area (Å²) in [5.41, 5.74) is 4.34. The van der Waals surface area contributed by atoms with Gasteiger partial charge in [0.05, 0.1) is 23.0 Å². The van der Waals surface area contributed by atoms with Crippen molar-refractivity contribution in [2.45, 2.75) is 38.1 Å². The molecule has 0 unspecified atom stereocenters. The predicted molar refractivity (Wildman–Crippen MR) is 95.6 cm³/mol. The number of aromatic nitrogens is 2. The fraction of sp³-hybridized carbons (Fsp3) is 0.300. The second-order valence-corrected chi connectivity index (χ2v) is 6.29. The predicted octanol–water partition coefficient (Wildman–Crippen LogP) is 5.29. The number of hydrogen-bond donors (Lipinski definition) is 0. The monoisotopic (exact) mass is 303 g/mol. The highest BCUT2D eigenvalue weighted by molar-refractivity contribution is 5.84. The molecule has 0 aliphatic heterocycles. The normalized spacial score (nSPS) is 16.3. The fourth-order valence-electron chi connectivity index (χ4n) is 3.44. The van der Waals surface area contributed by atoms with Crippen molar-refractivity contribution in [3.8, 4) is 0 Å². The lowest BCUT2D eigenvalue weighted by molar-refractivity contribution is 0.359. The minimum absolute atomic E-state index is 0.618. The van der Waals surface area contributed by atoms with E-state index in [-0.39, 0.29) is 0 Å². The molecule has 116 valence electrons. The van der Waals surface area contributed by atoms with Crippen LogP contribution in [0.3, 0.4) is 0 Å². The van der Waals surface area contributed by atoms with Crippen LogP contribution in [-0.2, 0) is 0 Å². The van der Waals surface area contributed by atoms with Crippen LogP contribution in [0.5, 0.6) is 0 Å². The molecule has 1 fully saturated rings. The van der Waals surface area contributed by atoms with Gasteiger partial charge in [-0.1, -0.05) is 49.6 Å². The van der Waals surface area contributed by atoms with E-state index < -0.39 is 0 Å². The molecule has 4 rings (SSSR count). The first-order valence-corrected chi connectivity index (χ1v) is 8.46. The first-order valence-electron chi connectivity index (χ1n) is 8.46. The Morgan fingerprint density at radius 3 is 2.65 bits per heavy atom. The zero-order chi connectivity index (χ0) is 15.5. The molecule has 1 heterocycles. The van der Waals surface area contributed by atoms with E-state index >= 15 is 0 Å². The van der Waals surface area contributed by atoms with Gasteiger partial charge in [0, 0.05) is 12.3 Å². The van der Waals surface area contributed by atoms with Crippen LogP contribution in [0.1, 0.15) is 43.7 Å². The molecule has 23 heavy (non-hydrogen) atoms. The van der Waals surface area contributed by atoms with Crippen molar-refractivity contribution < 1.29 is 0 Å². The van der Waals surface area contributed by atoms with E-state index in [0.717, 1.165) is 16.8 Å². The topological polar surface area (TPSA) is 30.2 Å². The quantitative estimate of drug-likeness (QED) is 0.604. The Bertz CT molecular complexity index is 811. The summed E-state index contributed by atoms with van der Waals surface area (Å²) in [4.78, 5) is 9.17. The second kappa shape index (κ2) is 6.37. The maximum Gasteiger partial charge on any atom is 0.0960 e. The van der Waals surface area contributed by atoms with Crippen molar-refractivity contribution in [2.75, 3.05) is 0 Å². The lowest BCUT2D eigenvalue weighted by Crippen LogP contribution is -2.11. The molecular formula is C20H21N3. The number of hydrogen-bond acceptors (Lipinski definition) is 2. The van der Waals surface area contributed by atoms with E-state index in [0.29, 0.717) is 6.04 Å². The number of aliphatic imine (C=N–C) groups is 1. The van der Waals surface area contributed by atoms with Crippen molar-refractivity contribution in [1.29, 1.82) is 0 Å². The Balaban J connectivity index is 1.60. The molecule has 3 heteroatoms. The largest absolute Gasteiger partial charge is 0.327 e. The molecule has 1 saturated carbocycles. The van der Waals surface area contributed by atoms with Gasteiger partial charge in [-0.25, -0.2) is 4.98 Å². The van der Waals surface area contributed by atoms with Crippen LogP contribution in [0.25, 0.3) is 11.0 Å². The van der Waals surface area contributed by atoms with Crippen molar-refractivity contribution in [3.63, 3.8) is 0 Å². The summed E-state index contributed by atoms with van der Waals surface area (Å²) in [7, 11) is 0. The molecule has 0 saturated heterocycles. The SMILES string of the molecule is C(=Nc1ccc2c(c1)ncn2C1CCCCC1)c1ccccc1. The third kappa shape index (κ3) is 3.04. The summed E-state index contributed by atoms with van der Waals surface area (Å²) in [6.07, 6.45) is 10.5. The molecular weight excluding hydrogens is 282 g/mol. The van der Waals surface area contributed by atoms with Crippen LogP contribution >= 0.6 is 0 Å². The van der Waals surface area contributed by atoms with Gasteiger partial charge < -0.3 is 4.57 Å². The van der Waals surface area contributed by atoms with E-state index in [1.165, 1.54) is 37.6 Å². The van der Waals surface area contributed by atoms with Crippen LogP contribution in [0.2, 0.25) is 0 Å². The Labute approximate surface area is 136 Å². The third-order valence-corrected chi connectivity index (χ3v) is 4.69. The van der Waals surface area contributed by atoms with Crippen molar-refractivity contribution >= 4 is 22.9 Å². The van der Waals surface area contributed by atoms with E-state index in [1.807, 2.05) is 30.7 Å². The Morgan fingerprint density at radius 2 is 1.83 bits per heavy atom. The number of rotatable bonds is 3. The van der Waals surface area contributed by atoms with Crippen LogP contribution in [-0.4, -0.2) is 15.8 Å². The highest BCUT2D eigenvalue weighted by atomic mass is 15.1. The summed E-state index contributed by atoms with van der Waals surface area (Å²) >= 11 is 0. The standard InChI is InChI=1S/C20H21N3/c1-3-7-16(8-4-1)14-21-17-11-12-20-19(13-17)22-15-23(20)18-9-5-2-6-10-18/h1,3-4,7-8,11-15,18H,2,5-6,9-10H2. The molecule has 1 aliphatic carbocycles. The highest BCUT2D eigenvalue weighted by Crippen LogP contribution is 2.31. The molecule has 2 aromatic carbocycles. The zero-order valence-electron chi connectivity index (χ0n) is 13.2. The maximum atomic E-state index is 4.60. The van der Waals surface area contributed by atoms with Gasteiger partial charge in [-0.15, -0.1) is 0 Å². The maximum absolute atomic E-state index is 4.60. The lowest BCUT2D eigenvalue weighted by atomic mass is 9.95. The minimum Gasteiger partial charge on any atom is -0.327 e. The number of benzene rings is 2. The molecule has 0 radical (unpaired) electrons. The third-order valence-electron chi connectivity index (χ3n) is 4.69. The molecule has 0 bridgehead atoms. The minimum atomic E-state index is 0.618. The molecule has 1 aromatic heterocycles. The van der Waals surface area contributed by atoms with Gasteiger partial charge in [0.15, 0.2) is 0 Å². The van der Waals surface area contributed by atoms with Gasteiger partial charge in [0.25, 0.3) is 0 Å². The Morgan fingerprint density at radius 1 is 1.00 bits per heavy atom. The van der Waals surface area contributed by atoms with Gasteiger partial charge in [-0.2, -0.15) is 0 Å². The summed E-state index contributed by atoms with van der Waals surface area (Å²) < 4.78 is 2.36. The number of nitrogens with zero attached hydrogens (tertiary/aromatic N) is 3. The van der Waals surface area contributed by atoms with E-state index in [4.69, 9.17) is 0 Å². The average molecular weight is 303 g/mol. The van der Waals surface area contributed by atoms with Gasteiger partial charge >= 0.3 is 0 Å². The van der Waals surface area contributed by atoms with Crippen molar-refractivity contribution in [2.24, 2.45) is 4.99 Å². The van der Waals surface area contributed by atoms with Gasteiger partial charge in [-0.05, 0) is 36.6 Å². The summed E-state index contributed by atoms with van der Waals surface area (Å²) in [6, 6.07) is 17.1. The Hall–Kier alpha value is -2.42. The van der Waals surface area contributed by atoms with Crippen LogP contribution < -0.4 is 0 Å². The van der Waals surface area contributed by atoms with Gasteiger partial charge in [0.2, 0.25) is 0 Å². The average Bonchev–Trinajstić information content (AvgIpc) is 3.05. The first kappa shape index (κ1) is 14.2. The van der Waals surface area contributed by atoms with E-state index in [9.17, 15) is 0 Å². The molecule has 3 aromatic rings. The fourth-order valence-corrected chi connectivity index (χ4v) is 3.44. The van der Waals surface area contributed by atoms with Crippen molar-refractivity contribution in [3.05, 3.63) is 60.4 Å². The number of imidazole rings is 1. The molecule has 0 N–H and O–H groups in total. The van der Waals surface area contributed by atoms with Crippen LogP contribution in [0, 0.1) is 0 Å². The van der Waals surface area contributed by atoms with Gasteiger partial charge in [-0.3, -0.25) is 4.99 Å². The molecule has 0 spiro atoms. The summed E-state index contributed by atoms with van der Waals surface area (Å²) in [5.74, 6) is 0. The summed E-state index contributed by atoms with van der Waals surface area (Å²) in [5, 5.41) is 0. The second-order valence-electron chi connectivity index (χ2n) is 6.29. The van der Waals surface area contributed by atoms with E-state index in [1.54, 1.807) is 0 Å². The van der Waals surface area contributed by atoms with Crippen LogP contribution in [0.4, 0.5) is 5.69 Å². The van der Waals surface area contributed by atoms with Crippen LogP contribution in [0.15, 0.2) is 59.9 Å². The Kier molecular flexibility index (Phi) is 3.93. The molecule has 0 atom stereocenters. The highest BCUT2D eigenvalue weighted by Gasteiger charge is 2.17. The number of fused-ring (bicyclic) bond motifs is 1. The molecule has 3 nitrogen and oxygen atoms in total. The van der Waals surface area contributed by atoms with Crippen molar-refractivity contribution in [1.82, 2.24) is 9.55 Å². The van der Waals surface area contributed by atoms with Gasteiger partial charge in [0.1, 0.15) is 0 Å². The summed E-state index contributed by atoms with van der Waals surface area (Å²) in [6.45, 7) is 0. The van der Waals surface area contributed by atoms with E-state index in [2.05, 4.69) is 44.9 Å². The smallest absolute Gasteiger partial charge is 0.0960 e. The first-order chi connectivity index (χ1) is 11.4. The lowest BCUT2D eigenvalue weighted by Gasteiger charge is -2.23.